The second-order valence-corrected chi connectivity index (χ2v) is 6.71. The number of aryl methyl sites for hydroxylation is 1. The first kappa shape index (κ1) is 14.8. The van der Waals surface area contributed by atoms with Crippen LogP contribution in [0, 0.1) is 6.92 Å². The highest BCUT2D eigenvalue weighted by atomic mass is 15.2. The lowest BCUT2D eigenvalue weighted by Crippen LogP contribution is -2.47. The first-order valence-electron chi connectivity index (χ1n) is 7.92. The van der Waals surface area contributed by atoms with E-state index in [1.165, 1.54) is 16.3 Å². The zero-order valence-electron chi connectivity index (χ0n) is 14.1. The Labute approximate surface area is 132 Å². The van der Waals surface area contributed by atoms with Gasteiger partial charge in [0.1, 0.15) is 0 Å². The highest BCUT2D eigenvalue weighted by Crippen LogP contribution is 2.32. The molecule has 2 aromatic rings. The van der Waals surface area contributed by atoms with Crippen LogP contribution in [0.4, 0.5) is 0 Å². The van der Waals surface area contributed by atoms with Crippen molar-refractivity contribution in [2.24, 2.45) is 0 Å². The van der Waals surface area contributed by atoms with Gasteiger partial charge in [0.15, 0.2) is 0 Å². The zero-order valence-corrected chi connectivity index (χ0v) is 14.1. The fourth-order valence-electron chi connectivity index (χ4n) is 3.17. The fourth-order valence-corrected chi connectivity index (χ4v) is 3.17. The molecule has 1 unspecified atom stereocenters. The maximum Gasteiger partial charge on any atom is 0.0827 e. The number of benzene rings is 1. The molecule has 1 aromatic carbocycles. The normalized spacial score (nSPS) is 20.4. The van der Waals surface area contributed by atoms with Gasteiger partial charge in [-0.1, -0.05) is 38.1 Å². The Morgan fingerprint density at radius 1 is 1.09 bits per heavy atom. The first-order chi connectivity index (χ1) is 10.4. The third kappa shape index (κ3) is 2.33. The number of aromatic nitrogens is 1. The SMILES string of the molecule is Cc1ccccc1C1(C)C=c2nc(C(C)C)ccc2=CN1C. The number of rotatable bonds is 2. The number of fused-ring (bicyclic) bond motifs is 1. The molecule has 0 saturated heterocycles. The number of pyridine rings is 1. The van der Waals surface area contributed by atoms with E-state index in [9.17, 15) is 0 Å². The molecule has 0 fully saturated rings. The smallest absolute Gasteiger partial charge is 0.0827 e. The van der Waals surface area contributed by atoms with Gasteiger partial charge in [-0.25, -0.2) is 0 Å². The lowest BCUT2D eigenvalue weighted by Gasteiger charge is -2.39. The molecule has 1 aliphatic rings. The molecule has 0 N–H and O–H groups in total. The van der Waals surface area contributed by atoms with Gasteiger partial charge in [0.2, 0.25) is 0 Å². The largest absolute Gasteiger partial charge is 0.367 e. The van der Waals surface area contributed by atoms with Crippen LogP contribution in [0.5, 0.6) is 0 Å². The van der Waals surface area contributed by atoms with Gasteiger partial charge in [-0.05, 0) is 49.1 Å². The molecule has 1 aromatic heterocycles. The minimum atomic E-state index is -0.166. The van der Waals surface area contributed by atoms with E-state index in [1.807, 2.05) is 0 Å². The van der Waals surface area contributed by atoms with Crippen LogP contribution in [-0.2, 0) is 5.54 Å². The van der Waals surface area contributed by atoms with Gasteiger partial charge in [-0.15, -0.1) is 0 Å². The van der Waals surface area contributed by atoms with E-state index in [0.717, 1.165) is 11.0 Å². The van der Waals surface area contributed by atoms with E-state index in [4.69, 9.17) is 4.98 Å². The van der Waals surface area contributed by atoms with Gasteiger partial charge in [0.05, 0.1) is 10.9 Å². The average molecular weight is 292 g/mol. The van der Waals surface area contributed by atoms with Crippen molar-refractivity contribution in [3.8, 4) is 0 Å². The Morgan fingerprint density at radius 3 is 2.50 bits per heavy atom. The Hall–Kier alpha value is -2.09. The summed E-state index contributed by atoms with van der Waals surface area (Å²) in [4.78, 5) is 7.17. The van der Waals surface area contributed by atoms with Crippen molar-refractivity contribution in [2.45, 2.75) is 39.2 Å². The fraction of sp³-hybridized carbons (Fsp3) is 0.350. The maximum atomic E-state index is 4.88. The maximum absolute atomic E-state index is 4.88. The van der Waals surface area contributed by atoms with Crippen molar-refractivity contribution in [3.63, 3.8) is 0 Å². The minimum Gasteiger partial charge on any atom is -0.367 e. The van der Waals surface area contributed by atoms with E-state index in [0.29, 0.717) is 5.92 Å². The molecule has 0 spiro atoms. The van der Waals surface area contributed by atoms with E-state index in [2.05, 4.69) is 88.3 Å². The van der Waals surface area contributed by atoms with E-state index in [-0.39, 0.29) is 5.54 Å². The summed E-state index contributed by atoms with van der Waals surface area (Å²) < 4.78 is 0. The Morgan fingerprint density at radius 2 is 1.82 bits per heavy atom. The van der Waals surface area contributed by atoms with Gasteiger partial charge < -0.3 is 4.90 Å². The number of nitrogens with zero attached hydrogens (tertiary/aromatic N) is 2. The molecule has 2 heteroatoms. The standard InChI is InChI=1S/C20H24N2/c1-14(2)18-11-10-16-13-22(5)20(4,12-19(16)21-18)17-9-7-6-8-15(17)3/h6-14H,1-5H3. The van der Waals surface area contributed by atoms with Crippen molar-refractivity contribution in [1.82, 2.24) is 9.88 Å². The second-order valence-electron chi connectivity index (χ2n) is 6.71. The van der Waals surface area contributed by atoms with Crippen LogP contribution in [0.3, 0.4) is 0 Å². The summed E-state index contributed by atoms with van der Waals surface area (Å²) in [6, 6.07) is 12.9. The van der Waals surface area contributed by atoms with Crippen LogP contribution in [0.1, 0.15) is 43.5 Å². The van der Waals surface area contributed by atoms with Crippen LogP contribution in [0.2, 0.25) is 0 Å². The van der Waals surface area contributed by atoms with Crippen molar-refractivity contribution >= 4 is 12.3 Å². The van der Waals surface area contributed by atoms with Crippen molar-refractivity contribution in [3.05, 3.63) is 63.8 Å². The lowest BCUT2D eigenvalue weighted by molar-refractivity contribution is 0.308. The molecule has 0 saturated carbocycles. The minimum absolute atomic E-state index is 0.166. The Kier molecular flexibility index (Phi) is 3.56. The van der Waals surface area contributed by atoms with Gasteiger partial charge in [0, 0.05) is 24.2 Å². The molecule has 3 rings (SSSR count). The van der Waals surface area contributed by atoms with Gasteiger partial charge in [0.25, 0.3) is 0 Å². The molecule has 0 aliphatic carbocycles. The molecule has 114 valence electrons. The molecule has 0 bridgehead atoms. The molecule has 22 heavy (non-hydrogen) atoms. The molecule has 1 aliphatic heterocycles. The second kappa shape index (κ2) is 5.28. The van der Waals surface area contributed by atoms with Crippen LogP contribution in [-0.4, -0.2) is 16.9 Å². The molecule has 1 atom stereocenters. The number of hydrogen-bond donors (Lipinski definition) is 0. The van der Waals surface area contributed by atoms with E-state index < -0.39 is 0 Å². The summed E-state index contributed by atoms with van der Waals surface area (Å²) in [5.41, 5.74) is 3.63. The third-order valence-electron chi connectivity index (χ3n) is 4.74. The molecular formula is C20H24N2. The van der Waals surface area contributed by atoms with Crippen LogP contribution in [0.15, 0.2) is 36.4 Å². The molecular weight excluding hydrogens is 268 g/mol. The van der Waals surface area contributed by atoms with Gasteiger partial charge >= 0.3 is 0 Å². The molecule has 2 heterocycles. The highest BCUT2D eigenvalue weighted by molar-refractivity contribution is 5.53. The predicted molar refractivity (Wildman–Crippen MR) is 92.8 cm³/mol. The zero-order chi connectivity index (χ0) is 15.9. The molecule has 2 nitrogen and oxygen atoms in total. The van der Waals surface area contributed by atoms with Crippen molar-refractivity contribution in [1.29, 1.82) is 0 Å². The highest BCUT2D eigenvalue weighted by Gasteiger charge is 2.30. The van der Waals surface area contributed by atoms with Gasteiger partial charge in [-0.3, -0.25) is 4.98 Å². The summed E-state index contributed by atoms with van der Waals surface area (Å²) >= 11 is 0. The predicted octanol–water partition coefficient (Wildman–Crippen LogP) is 2.89. The van der Waals surface area contributed by atoms with Crippen LogP contribution in [0.25, 0.3) is 12.3 Å². The average Bonchev–Trinajstić information content (AvgIpc) is 2.48. The summed E-state index contributed by atoms with van der Waals surface area (Å²) in [5, 5.41) is 2.29. The monoisotopic (exact) mass is 292 g/mol. The first-order valence-corrected chi connectivity index (χ1v) is 7.92. The summed E-state index contributed by atoms with van der Waals surface area (Å²) in [6.07, 6.45) is 4.51. The van der Waals surface area contributed by atoms with Crippen molar-refractivity contribution in [2.75, 3.05) is 7.05 Å². The molecule has 0 amide bonds. The number of hydrogen-bond acceptors (Lipinski definition) is 2. The topological polar surface area (TPSA) is 16.1 Å². The quantitative estimate of drug-likeness (QED) is 0.846. The van der Waals surface area contributed by atoms with Crippen molar-refractivity contribution < 1.29 is 0 Å². The lowest BCUT2D eigenvalue weighted by atomic mass is 9.85. The Balaban J connectivity index is 2.24. The van der Waals surface area contributed by atoms with E-state index >= 15 is 0 Å². The summed E-state index contributed by atoms with van der Waals surface area (Å²) in [7, 11) is 2.14. The third-order valence-corrected chi connectivity index (χ3v) is 4.74. The van der Waals surface area contributed by atoms with Gasteiger partial charge in [-0.2, -0.15) is 0 Å². The molecule has 0 radical (unpaired) electrons. The van der Waals surface area contributed by atoms with E-state index in [1.54, 1.807) is 0 Å². The summed E-state index contributed by atoms with van der Waals surface area (Å²) in [6.45, 7) is 8.82. The Bertz CT molecular complexity index is 820. The summed E-state index contributed by atoms with van der Waals surface area (Å²) in [5.74, 6) is 0.447. The van der Waals surface area contributed by atoms with Crippen LogP contribution >= 0.6 is 0 Å². The van der Waals surface area contributed by atoms with Crippen LogP contribution < -0.4 is 10.6 Å².